The molecule has 0 fully saturated rings. The molecule has 0 bridgehead atoms. The summed E-state index contributed by atoms with van der Waals surface area (Å²) in [5.74, 6) is -4.38. The second kappa shape index (κ2) is 7.03. The number of benzene rings is 2. The molecule has 0 saturated heterocycles. The quantitative estimate of drug-likeness (QED) is 0.602. The van der Waals surface area contributed by atoms with Gasteiger partial charge in [-0.25, -0.2) is 13.2 Å². The molecule has 1 N–H and O–H groups in total. The smallest absolute Gasteiger partial charge is 0.196 e. The Morgan fingerprint density at radius 3 is 2.41 bits per heavy atom. The molecular formula is C15H10Cl2F3NO. The zero-order valence-electron chi connectivity index (χ0n) is 11.1. The number of carbonyl (C=O) groups is 1. The molecule has 0 radical (unpaired) electrons. The van der Waals surface area contributed by atoms with E-state index in [2.05, 4.69) is 5.32 Å². The zero-order chi connectivity index (χ0) is 16.3. The van der Waals surface area contributed by atoms with E-state index in [1.165, 1.54) is 18.2 Å². The third-order valence-corrected chi connectivity index (χ3v) is 3.68. The first-order valence-corrected chi connectivity index (χ1v) is 7.01. The minimum Gasteiger partial charge on any atom is -0.382 e. The van der Waals surface area contributed by atoms with Gasteiger partial charge in [0.25, 0.3) is 0 Å². The van der Waals surface area contributed by atoms with Crippen LogP contribution in [0, 0.1) is 17.5 Å². The SMILES string of the molecule is O=C(CCNc1ccc(F)c(F)c1F)c1ccc(Cl)c(Cl)c1. The highest BCUT2D eigenvalue weighted by Gasteiger charge is 2.13. The zero-order valence-corrected chi connectivity index (χ0v) is 12.6. The molecular weight excluding hydrogens is 338 g/mol. The lowest BCUT2D eigenvalue weighted by Crippen LogP contribution is -2.10. The Hall–Kier alpha value is -1.72. The van der Waals surface area contributed by atoms with Crippen LogP contribution in [0.3, 0.4) is 0 Å². The first-order valence-electron chi connectivity index (χ1n) is 6.25. The summed E-state index contributed by atoms with van der Waals surface area (Å²) in [6, 6.07) is 6.33. The van der Waals surface area contributed by atoms with Crippen molar-refractivity contribution in [1.29, 1.82) is 0 Å². The molecule has 22 heavy (non-hydrogen) atoms. The van der Waals surface area contributed by atoms with Crippen molar-refractivity contribution < 1.29 is 18.0 Å². The Bertz CT molecular complexity index is 722. The summed E-state index contributed by atoms with van der Waals surface area (Å²) < 4.78 is 39.2. The lowest BCUT2D eigenvalue weighted by atomic mass is 10.1. The van der Waals surface area contributed by atoms with Crippen LogP contribution in [0.5, 0.6) is 0 Å². The van der Waals surface area contributed by atoms with Crippen LogP contribution in [-0.4, -0.2) is 12.3 Å². The number of carbonyl (C=O) groups excluding carboxylic acids is 1. The maximum atomic E-state index is 13.4. The first-order chi connectivity index (χ1) is 10.4. The molecule has 0 aromatic heterocycles. The minimum atomic E-state index is -1.55. The third-order valence-electron chi connectivity index (χ3n) is 2.94. The molecule has 0 aliphatic heterocycles. The van der Waals surface area contributed by atoms with E-state index in [1.54, 1.807) is 0 Å². The van der Waals surface area contributed by atoms with Gasteiger partial charge in [0.15, 0.2) is 23.2 Å². The van der Waals surface area contributed by atoms with Crippen LogP contribution in [0.2, 0.25) is 10.0 Å². The van der Waals surface area contributed by atoms with Gasteiger partial charge in [0.2, 0.25) is 0 Å². The molecule has 7 heteroatoms. The van der Waals surface area contributed by atoms with E-state index in [1.807, 2.05) is 0 Å². The average molecular weight is 348 g/mol. The summed E-state index contributed by atoms with van der Waals surface area (Å²) in [5, 5.41) is 3.14. The highest BCUT2D eigenvalue weighted by molar-refractivity contribution is 6.42. The Morgan fingerprint density at radius 2 is 1.73 bits per heavy atom. The van der Waals surface area contributed by atoms with E-state index in [0.29, 0.717) is 10.6 Å². The van der Waals surface area contributed by atoms with Crippen LogP contribution in [-0.2, 0) is 0 Å². The van der Waals surface area contributed by atoms with Crippen molar-refractivity contribution in [3.8, 4) is 0 Å². The van der Waals surface area contributed by atoms with Crippen molar-refractivity contribution in [3.05, 3.63) is 63.4 Å². The van der Waals surface area contributed by atoms with Crippen LogP contribution in [0.1, 0.15) is 16.8 Å². The maximum absolute atomic E-state index is 13.4. The van der Waals surface area contributed by atoms with Crippen LogP contribution < -0.4 is 5.32 Å². The van der Waals surface area contributed by atoms with E-state index < -0.39 is 17.5 Å². The van der Waals surface area contributed by atoms with Gasteiger partial charge in [-0.2, -0.15) is 0 Å². The molecule has 0 aliphatic rings. The molecule has 0 heterocycles. The topological polar surface area (TPSA) is 29.1 Å². The van der Waals surface area contributed by atoms with Gasteiger partial charge >= 0.3 is 0 Å². The number of halogens is 5. The molecule has 0 saturated carbocycles. The summed E-state index contributed by atoms with van der Waals surface area (Å²) >= 11 is 11.6. The normalized spacial score (nSPS) is 10.6. The second-order valence-corrected chi connectivity index (χ2v) is 5.27. The average Bonchev–Trinajstić information content (AvgIpc) is 2.50. The van der Waals surface area contributed by atoms with Crippen LogP contribution in [0.15, 0.2) is 30.3 Å². The molecule has 2 rings (SSSR count). The summed E-state index contributed by atoms with van der Waals surface area (Å²) in [6.07, 6.45) is 0.0242. The standard InChI is InChI=1S/C15H10Cl2F3NO/c16-9-2-1-8(7-10(9)17)13(22)5-6-21-12-4-3-11(18)14(19)15(12)20/h1-4,7,21H,5-6H2. The first kappa shape index (κ1) is 16.6. The van der Waals surface area contributed by atoms with E-state index in [-0.39, 0.29) is 29.5 Å². The van der Waals surface area contributed by atoms with Crippen molar-refractivity contribution in [2.75, 3.05) is 11.9 Å². The van der Waals surface area contributed by atoms with E-state index in [0.717, 1.165) is 12.1 Å². The van der Waals surface area contributed by atoms with Crippen molar-refractivity contribution in [2.24, 2.45) is 0 Å². The fraction of sp³-hybridized carbons (Fsp3) is 0.133. The third kappa shape index (κ3) is 3.72. The summed E-state index contributed by atoms with van der Waals surface area (Å²) in [5.41, 5.74) is 0.155. The number of rotatable bonds is 5. The fourth-order valence-electron chi connectivity index (χ4n) is 1.79. The molecule has 0 atom stereocenters. The van der Waals surface area contributed by atoms with E-state index in [4.69, 9.17) is 23.2 Å². The molecule has 0 unspecified atom stereocenters. The molecule has 0 aliphatic carbocycles. The predicted octanol–water partition coefficient (Wildman–Crippen LogP) is 5.10. The minimum absolute atomic E-state index is 0.0242. The number of ketones is 1. The number of anilines is 1. The Labute approximate surface area is 134 Å². The number of nitrogens with one attached hydrogen (secondary N) is 1. The van der Waals surface area contributed by atoms with E-state index in [9.17, 15) is 18.0 Å². The molecule has 0 spiro atoms. The summed E-state index contributed by atoms with van der Waals surface area (Å²) in [6.45, 7) is 0.0566. The molecule has 0 amide bonds. The monoisotopic (exact) mass is 347 g/mol. The van der Waals surface area contributed by atoms with Crippen molar-refractivity contribution in [2.45, 2.75) is 6.42 Å². The second-order valence-electron chi connectivity index (χ2n) is 4.45. The van der Waals surface area contributed by atoms with Gasteiger partial charge in [0, 0.05) is 18.5 Å². The van der Waals surface area contributed by atoms with Crippen molar-refractivity contribution in [1.82, 2.24) is 0 Å². The Kier molecular flexibility index (Phi) is 5.32. The Morgan fingerprint density at radius 1 is 1.00 bits per heavy atom. The maximum Gasteiger partial charge on any atom is 0.196 e. The lowest BCUT2D eigenvalue weighted by molar-refractivity contribution is 0.0986. The highest BCUT2D eigenvalue weighted by atomic mass is 35.5. The van der Waals surface area contributed by atoms with Crippen molar-refractivity contribution in [3.63, 3.8) is 0 Å². The summed E-state index contributed by atoms with van der Waals surface area (Å²) in [4.78, 5) is 11.9. The lowest BCUT2D eigenvalue weighted by Gasteiger charge is -2.08. The number of hydrogen-bond acceptors (Lipinski definition) is 2. The number of hydrogen-bond donors (Lipinski definition) is 1. The summed E-state index contributed by atoms with van der Waals surface area (Å²) in [7, 11) is 0. The van der Waals surface area contributed by atoms with Crippen molar-refractivity contribution >= 4 is 34.7 Å². The molecule has 2 aromatic carbocycles. The van der Waals surface area contributed by atoms with E-state index >= 15 is 0 Å². The van der Waals surface area contributed by atoms with Gasteiger partial charge < -0.3 is 5.32 Å². The van der Waals surface area contributed by atoms with Gasteiger partial charge in [0.1, 0.15) is 0 Å². The highest BCUT2D eigenvalue weighted by Crippen LogP contribution is 2.23. The molecule has 2 nitrogen and oxygen atoms in total. The number of Topliss-reactive ketones (excluding diaryl/α,β-unsaturated/α-hetero) is 1. The van der Waals surface area contributed by atoms with Gasteiger partial charge in [-0.05, 0) is 30.3 Å². The molecule has 116 valence electrons. The predicted molar refractivity (Wildman–Crippen MR) is 80.2 cm³/mol. The van der Waals surface area contributed by atoms with Gasteiger partial charge in [-0.15, -0.1) is 0 Å². The van der Waals surface area contributed by atoms with Gasteiger partial charge in [0.05, 0.1) is 15.7 Å². The Balaban J connectivity index is 1.97. The largest absolute Gasteiger partial charge is 0.382 e. The van der Waals surface area contributed by atoms with Gasteiger partial charge in [-0.1, -0.05) is 23.2 Å². The van der Waals surface area contributed by atoms with Crippen LogP contribution in [0.4, 0.5) is 18.9 Å². The molecule has 2 aromatic rings. The van der Waals surface area contributed by atoms with Crippen LogP contribution >= 0.6 is 23.2 Å². The van der Waals surface area contributed by atoms with Crippen LogP contribution in [0.25, 0.3) is 0 Å². The van der Waals surface area contributed by atoms with Gasteiger partial charge in [-0.3, -0.25) is 4.79 Å². The fourth-order valence-corrected chi connectivity index (χ4v) is 2.09.